The van der Waals surface area contributed by atoms with Gasteiger partial charge in [-0.15, -0.1) is 0 Å². The van der Waals surface area contributed by atoms with Crippen LogP contribution in [0.5, 0.6) is 0 Å². The lowest BCUT2D eigenvalue weighted by atomic mass is 10.1. The molecule has 0 heterocycles. The van der Waals surface area contributed by atoms with Crippen molar-refractivity contribution in [2.45, 2.75) is 96.4 Å². The molecule has 0 aliphatic carbocycles. The van der Waals surface area contributed by atoms with Gasteiger partial charge in [-0.2, -0.15) is 0 Å². The first-order valence-corrected chi connectivity index (χ1v) is 12.9. The minimum absolute atomic E-state index is 0.567. The molecule has 2 unspecified atom stereocenters. The van der Waals surface area contributed by atoms with Crippen molar-refractivity contribution in [2.24, 2.45) is 0 Å². The summed E-state index contributed by atoms with van der Waals surface area (Å²) in [6.07, 6.45) is 12.2. The van der Waals surface area contributed by atoms with Crippen molar-refractivity contribution in [3.63, 3.8) is 0 Å². The second-order valence-electron chi connectivity index (χ2n) is 8.42. The van der Waals surface area contributed by atoms with Crippen LogP contribution in [0.4, 0.5) is 0 Å². The Morgan fingerprint density at radius 1 is 1.00 bits per heavy atom. The third-order valence-electron chi connectivity index (χ3n) is 5.18. The van der Waals surface area contributed by atoms with E-state index in [4.69, 9.17) is 4.52 Å². The van der Waals surface area contributed by atoms with E-state index in [1.165, 1.54) is 58.8 Å². The number of hydrogen-bond acceptors (Lipinski definition) is 4. The molecule has 0 aromatic heterocycles. The standard InChI is InChI=1S/C23H40NO5P/c1-4-5-6-7-8-9-10-11-12-16-19-24-21(20-17-14-13-15-18-20)30(27,28)29-23(2,3)22(25)26/h13-15,17-18,21,24H,4-12,16,19H2,1-3H3,(H,25,26)(H,27,28). The lowest BCUT2D eigenvalue weighted by Crippen LogP contribution is -2.35. The van der Waals surface area contributed by atoms with E-state index >= 15 is 0 Å². The largest absolute Gasteiger partial charge is 0.479 e. The van der Waals surface area contributed by atoms with E-state index in [0.717, 1.165) is 19.3 Å². The minimum Gasteiger partial charge on any atom is -0.479 e. The molecule has 0 radical (unpaired) electrons. The van der Waals surface area contributed by atoms with Crippen molar-refractivity contribution in [2.75, 3.05) is 6.54 Å². The smallest absolute Gasteiger partial charge is 0.350 e. The zero-order valence-electron chi connectivity index (χ0n) is 18.8. The maximum Gasteiger partial charge on any atom is 0.350 e. The van der Waals surface area contributed by atoms with Crippen LogP contribution in [-0.4, -0.2) is 28.1 Å². The van der Waals surface area contributed by atoms with Crippen LogP contribution >= 0.6 is 7.60 Å². The summed E-state index contributed by atoms with van der Waals surface area (Å²) in [6.45, 7) is 5.35. The topological polar surface area (TPSA) is 95.9 Å². The number of carboxylic acids is 1. The molecule has 0 aliphatic rings. The van der Waals surface area contributed by atoms with E-state index < -0.39 is 24.9 Å². The van der Waals surface area contributed by atoms with Crippen LogP contribution < -0.4 is 5.32 Å². The molecule has 1 aromatic carbocycles. The van der Waals surface area contributed by atoms with Crippen LogP contribution in [0.3, 0.4) is 0 Å². The first-order chi connectivity index (χ1) is 14.2. The van der Waals surface area contributed by atoms with Gasteiger partial charge >= 0.3 is 13.6 Å². The van der Waals surface area contributed by atoms with Crippen molar-refractivity contribution in [1.29, 1.82) is 0 Å². The van der Waals surface area contributed by atoms with Gasteiger partial charge in [0.15, 0.2) is 5.60 Å². The first kappa shape index (κ1) is 26.8. The van der Waals surface area contributed by atoms with Gasteiger partial charge in [-0.25, -0.2) is 4.79 Å². The predicted molar refractivity (Wildman–Crippen MR) is 122 cm³/mol. The third kappa shape index (κ3) is 10.2. The van der Waals surface area contributed by atoms with Crippen molar-refractivity contribution < 1.29 is 23.9 Å². The Hall–Kier alpha value is -1.20. The number of rotatable bonds is 17. The van der Waals surface area contributed by atoms with Crippen molar-refractivity contribution in [3.8, 4) is 0 Å². The number of benzene rings is 1. The van der Waals surface area contributed by atoms with Gasteiger partial charge < -0.3 is 10.00 Å². The summed E-state index contributed by atoms with van der Waals surface area (Å²) in [6, 6.07) is 8.89. The van der Waals surface area contributed by atoms with E-state index in [1.54, 1.807) is 24.3 Å². The zero-order valence-corrected chi connectivity index (χ0v) is 19.7. The van der Waals surface area contributed by atoms with Gasteiger partial charge in [0, 0.05) is 0 Å². The minimum atomic E-state index is -4.27. The van der Waals surface area contributed by atoms with Gasteiger partial charge in [-0.3, -0.25) is 14.4 Å². The fourth-order valence-electron chi connectivity index (χ4n) is 3.33. The molecule has 2 atom stereocenters. The number of carboxylic acid groups (broad SMARTS) is 1. The van der Waals surface area contributed by atoms with Gasteiger partial charge in [-0.1, -0.05) is 95.0 Å². The Bertz CT molecular complexity index is 650. The molecule has 0 saturated carbocycles. The predicted octanol–water partition coefficient (Wildman–Crippen LogP) is 6.26. The normalized spacial score (nSPS) is 14.9. The summed E-state index contributed by atoms with van der Waals surface area (Å²) < 4.78 is 18.2. The summed E-state index contributed by atoms with van der Waals surface area (Å²) in [5, 5.41) is 12.4. The lowest BCUT2D eigenvalue weighted by molar-refractivity contribution is -0.152. The molecule has 0 saturated heterocycles. The Morgan fingerprint density at radius 2 is 1.50 bits per heavy atom. The van der Waals surface area contributed by atoms with Crippen LogP contribution in [0.25, 0.3) is 0 Å². The van der Waals surface area contributed by atoms with Gasteiger partial charge in [0.05, 0.1) is 0 Å². The van der Waals surface area contributed by atoms with Gasteiger partial charge in [-0.05, 0) is 32.4 Å². The number of aliphatic carboxylic acids is 1. The Balaban J connectivity index is 2.49. The maximum atomic E-state index is 13.0. The molecular weight excluding hydrogens is 401 g/mol. The summed E-state index contributed by atoms with van der Waals surface area (Å²) in [4.78, 5) is 21.9. The summed E-state index contributed by atoms with van der Waals surface area (Å²) in [5.41, 5.74) is -1.15. The van der Waals surface area contributed by atoms with Gasteiger partial charge in [0.2, 0.25) is 0 Å². The molecule has 1 aromatic rings. The second kappa shape index (κ2) is 14.0. The van der Waals surface area contributed by atoms with E-state index in [-0.39, 0.29) is 0 Å². The lowest BCUT2D eigenvalue weighted by Gasteiger charge is -2.29. The first-order valence-electron chi connectivity index (χ1n) is 11.3. The average Bonchev–Trinajstić information content (AvgIpc) is 2.68. The maximum absolute atomic E-state index is 13.0. The molecule has 0 bridgehead atoms. The second-order valence-corrected chi connectivity index (χ2v) is 10.2. The molecule has 7 heteroatoms. The van der Waals surface area contributed by atoms with Crippen molar-refractivity contribution >= 4 is 13.6 Å². The van der Waals surface area contributed by atoms with Crippen molar-refractivity contribution in [1.82, 2.24) is 5.32 Å². The fourth-order valence-corrected chi connectivity index (χ4v) is 5.07. The highest BCUT2D eigenvalue weighted by atomic mass is 31.2. The van der Waals surface area contributed by atoms with Crippen LogP contribution in [-0.2, 0) is 13.9 Å². The van der Waals surface area contributed by atoms with E-state index in [9.17, 15) is 19.4 Å². The van der Waals surface area contributed by atoms with Crippen LogP contribution in [0.15, 0.2) is 30.3 Å². The number of hydrogen-bond donors (Lipinski definition) is 3. The molecule has 0 spiro atoms. The molecule has 0 aliphatic heterocycles. The third-order valence-corrected chi connectivity index (χ3v) is 7.03. The highest BCUT2D eigenvalue weighted by Gasteiger charge is 2.42. The Labute approximate surface area is 182 Å². The van der Waals surface area contributed by atoms with E-state index in [0.29, 0.717) is 12.1 Å². The molecule has 30 heavy (non-hydrogen) atoms. The SMILES string of the molecule is CCCCCCCCCCCCNC(c1ccccc1)P(=O)(O)OC(C)(C)C(=O)O. The zero-order chi connectivity index (χ0) is 22.5. The van der Waals surface area contributed by atoms with Crippen LogP contribution in [0.2, 0.25) is 0 Å². The van der Waals surface area contributed by atoms with E-state index in [2.05, 4.69) is 12.2 Å². The summed E-state index contributed by atoms with van der Waals surface area (Å²) in [7, 11) is -4.27. The molecule has 6 nitrogen and oxygen atoms in total. The Kier molecular flexibility index (Phi) is 12.5. The highest BCUT2D eigenvalue weighted by Crippen LogP contribution is 2.57. The van der Waals surface area contributed by atoms with Crippen LogP contribution in [0.1, 0.15) is 96.3 Å². The Morgan fingerprint density at radius 3 is 2.00 bits per heavy atom. The van der Waals surface area contributed by atoms with E-state index in [1.807, 2.05) is 6.07 Å². The number of unbranched alkanes of at least 4 members (excludes halogenated alkanes) is 9. The molecule has 172 valence electrons. The highest BCUT2D eigenvalue weighted by molar-refractivity contribution is 7.53. The fraction of sp³-hybridized carbons (Fsp3) is 0.696. The average molecular weight is 442 g/mol. The molecule has 0 fully saturated rings. The monoisotopic (exact) mass is 441 g/mol. The molecule has 0 amide bonds. The van der Waals surface area contributed by atoms with Crippen molar-refractivity contribution in [3.05, 3.63) is 35.9 Å². The number of nitrogens with one attached hydrogen (secondary N) is 1. The molecule has 1 rings (SSSR count). The van der Waals surface area contributed by atoms with Crippen LogP contribution in [0, 0.1) is 0 Å². The number of carbonyl (C=O) groups is 1. The quantitative estimate of drug-likeness (QED) is 0.195. The van der Waals surface area contributed by atoms with Gasteiger partial charge in [0.25, 0.3) is 0 Å². The summed E-state index contributed by atoms with van der Waals surface area (Å²) >= 11 is 0. The molecule has 3 N–H and O–H groups in total. The van der Waals surface area contributed by atoms with Gasteiger partial charge in [0.1, 0.15) is 5.78 Å². The molecular formula is C23H40NO5P. The summed E-state index contributed by atoms with van der Waals surface area (Å²) in [5.74, 6) is -2.24.